The van der Waals surface area contributed by atoms with Crippen LogP contribution in [-0.4, -0.2) is 46.0 Å². The highest BCUT2D eigenvalue weighted by Crippen LogP contribution is 2.38. The topological polar surface area (TPSA) is 28.5 Å². The lowest BCUT2D eigenvalue weighted by atomic mass is 9.85. The van der Waals surface area contributed by atoms with Gasteiger partial charge in [-0.2, -0.15) is 0 Å². The quantitative estimate of drug-likeness (QED) is 0.679. The van der Waals surface area contributed by atoms with Crippen LogP contribution in [0.2, 0.25) is 0 Å². The first-order valence-electron chi connectivity index (χ1n) is 10.6. The van der Waals surface area contributed by atoms with E-state index in [4.69, 9.17) is 0 Å². The summed E-state index contributed by atoms with van der Waals surface area (Å²) in [7, 11) is 2.00. The third-order valence-corrected chi connectivity index (χ3v) is 7.24. The van der Waals surface area contributed by atoms with Crippen molar-refractivity contribution in [2.24, 2.45) is 0 Å². The van der Waals surface area contributed by atoms with E-state index in [1.165, 1.54) is 27.4 Å². The van der Waals surface area contributed by atoms with Crippen molar-refractivity contribution in [2.75, 3.05) is 20.1 Å². The van der Waals surface area contributed by atoms with Crippen molar-refractivity contribution in [1.29, 1.82) is 0 Å². The predicted molar refractivity (Wildman–Crippen MR) is 114 cm³/mol. The Labute approximate surface area is 166 Å². The molecule has 4 heteroatoms. The Hall–Kier alpha value is -2.33. The molecule has 3 aromatic rings. The van der Waals surface area contributed by atoms with Gasteiger partial charge in [0, 0.05) is 67.0 Å². The summed E-state index contributed by atoms with van der Waals surface area (Å²) in [6.07, 6.45) is 3.98. The summed E-state index contributed by atoms with van der Waals surface area (Å²) in [6, 6.07) is 15.7. The first kappa shape index (κ1) is 17.7. The highest BCUT2D eigenvalue weighted by atomic mass is 16.2. The first-order valence-corrected chi connectivity index (χ1v) is 10.6. The molecule has 0 bridgehead atoms. The Morgan fingerprint density at radius 1 is 0.964 bits per heavy atom. The van der Waals surface area contributed by atoms with Gasteiger partial charge in [-0.3, -0.25) is 9.69 Å². The molecule has 0 N–H and O–H groups in total. The van der Waals surface area contributed by atoms with Gasteiger partial charge in [0.05, 0.1) is 0 Å². The molecule has 2 aliphatic heterocycles. The molecule has 0 radical (unpaired) electrons. The van der Waals surface area contributed by atoms with Crippen molar-refractivity contribution in [3.63, 3.8) is 0 Å². The lowest BCUT2D eigenvalue weighted by Gasteiger charge is -2.43. The number of piperidine rings is 1. The van der Waals surface area contributed by atoms with E-state index in [2.05, 4.69) is 58.9 Å². The van der Waals surface area contributed by atoms with Gasteiger partial charge in [0.15, 0.2) is 0 Å². The third kappa shape index (κ3) is 2.66. The zero-order chi connectivity index (χ0) is 19.3. The Balaban J connectivity index is 1.38. The Bertz CT molecular complexity index is 1040. The second-order valence-electron chi connectivity index (χ2n) is 8.57. The van der Waals surface area contributed by atoms with Gasteiger partial charge < -0.3 is 9.47 Å². The molecule has 2 aromatic carbocycles. The minimum atomic E-state index is 0.131. The molecule has 1 aromatic heterocycles. The predicted octanol–water partition coefficient (Wildman–Crippen LogP) is 4.40. The number of amides is 1. The molecule has 4 nitrogen and oxygen atoms in total. The molecular formula is C24H29N3O. The van der Waals surface area contributed by atoms with Crippen LogP contribution < -0.4 is 0 Å². The van der Waals surface area contributed by atoms with E-state index >= 15 is 0 Å². The van der Waals surface area contributed by atoms with E-state index < -0.39 is 0 Å². The molecular weight excluding hydrogens is 346 g/mol. The zero-order valence-corrected chi connectivity index (χ0v) is 16.9. The molecule has 0 aliphatic carbocycles. The van der Waals surface area contributed by atoms with Crippen LogP contribution >= 0.6 is 0 Å². The molecule has 2 saturated heterocycles. The lowest BCUT2D eigenvalue weighted by Crippen LogP contribution is -2.51. The zero-order valence-electron chi connectivity index (χ0n) is 16.9. The van der Waals surface area contributed by atoms with Gasteiger partial charge >= 0.3 is 0 Å². The first-order chi connectivity index (χ1) is 13.6. The van der Waals surface area contributed by atoms with E-state index in [1.54, 1.807) is 0 Å². The molecule has 0 atom stereocenters. The fraction of sp³-hybridized carbons (Fsp3) is 0.458. The third-order valence-electron chi connectivity index (χ3n) is 7.24. The van der Waals surface area contributed by atoms with Gasteiger partial charge in [-0.15, -0.1) is 0 Å². The number of benzene rings is 2. The van der Waals surface area contributed by atoms with Crippen LogP contribution in [-0.2, 0) is 17.9 Å². The van der Waals surface area contributed by atoms with Crippen molar-refractivity contribution in [2.45, 2.75) is 51.2 Å². The minimum absolute atomic E-state index is 0.131. The number of para-hydroxylation sites is 1. The van der Waals surface area contributed by atoms with Crippen LogP contribution in [0.25, 0.3) is 21.8 Å². The van der Waals surface area contributed by atoms with Crippen molar-refractivity contribution in [3.8, 4) is 0 Å². The van der Waals surface area contributed by atoms with E-state index in [0.717, 1.165) is 51.9 Å². The number of likely N-dealkylation sites (tertiary alicyclic amines) is 2. The van der Waals surface area contributed by atoms with Gasteiger partial charge in [-0.25, -0.2) is 0 Å². The normalized spacial score (nSPS) is 20.1. The maximum Gasteiger partial charge on any atom is 0.222 e. The highest BCUT2D eigenvalue weighted by Gasteiger charge is 2.44. The SMILES string of the molecule is CCn1c2ccccc2c2cc(CN3CCC4(CCC(=O)N4C)CC3)ccc21. The largest absolute Gasteiger partial charge is 0.341 e. The number of nitrogens with zero attached hydrogens (tertiary/aromatic N) is 3. The lowest BCUT2D eigenvalue weighted by molar-refractivity contribution is -0.130. The number of hydrogen-bond acceptors (Lipinski definition) is 2. The number of aromatic nitrogens is 1. The van der Waals surface area contributed by atoms with Gasteiger partial charge in [0.1, 0.15) is 0 Å². The van der Waals surface area contributed by atoms with Crippen LogP contribution in [0, 0.1) is 0 Å². The fourth-order valence-corrected chi connectivity index (χ4v) is 5.45. The molecule has 0 unspecified atom stereocenters. The number of carbonyl (C=O) groups excluding carboxylic acids is 1. The van der Waals surface area contributed by atoms with E-state index in [9.17, 15) is 4.79 Å². The van der Waals surface area contributed by atoms with Crippen LogP contribution in [0.5, 0.6) is 0 Å². The average Bonchev–Trinajstić information content (AvgIpc) is 3.19. The highest BCUT2D eigenvalue weighted by molar-refractivity contribution is 6.08. The van der Waals surface area contributed by atoms with Crippen molar-refractivity contribution in [3.05, 3.63) is 48.0 Å². The maximum atomic E-state index is 12.0. The molecule has 146 valence electrons. The fourth-order valence-electron chi connectivity index (χ4n) is 5.45. The molecule has 5 rings (SSSR count). The number of aryl methyl sites for hydroxylation is 1. The van der Waals surface area contributed by atoms with Crippen LogP contribution in [0.15, 0.2) is 42.5 Å². The van der Waals surface area contributed by atoms with Crippen LogP contribution in [0.4, 0.5) is 0 Å². The number of fused-ring (bicyclic) bond motifs is 3. The van der Waals surface area contributed by atoms with Crippen molar-refractivity contribution < 1.29 is 4.79 Å². The summed E-state index contributed by atoms with van der Waals surface area (Å²) in [6.45, 7) is 6.35. The maximum absolute atomic E-state index is 12.0. The Kier molecular flexibility index (Phi) is 4.20. The standard InChI is InChI=1S/C24H29N3O/c1-3-27-21-7-5-4-6-19(21)20-16-18(8-9-22(20)27)17-26-14-12-24(13-15-26)11-10-23(28)25(24)2/h4-9,16H,3,10-15,17H2,1-2H3. The number of rotatable bonds is 3. The molecule has 0 saturated carbocycles. The van der Waals surface area contributed by atoms with Gasteiger partial charge in [-0.05, 0) is 49.9 Å². The Morgan fingerprint density at radius 2 is 1.71 bits per heavy atom. The summed E-state index contributed by atoms with van der Waals surface area (Å²) in [4.78, 5) is 16.6. The van der Waals surface area contributed by atoms with E-state index in [0.29, 0.717) is 5.91 Å². The summed E-state index contributed by atoms with van der Waals surface area (Å²) in [5.74, 6) is 0.325. The average molecular weight is 376 g/mol. The molecule has 2 fully saturated rings. The minimum Gasteiger partial charge on any atom is -0.341 e. The number of carbonyl (C=O) groups is 1. The van der Waals surface area contributed by atoms with Crippen molar-refractivity contribution in [1.82, 2.24) is 14.4 Å². The van der Waals surface area contributed by atoms with Gasteiger partial charge in [-0.1, -0.05) is 24.3 Å². The summed E-state index contributed by atoms with van der Waals surface area (Å²) in [5, 5.41) is 2.72. The van der Waals surface area contributed by atoms with Crippen LogP contribution in [0.3, 0.4) is 0 Å². The molecule has 2 aliphatic rings. The summed E-state index contributed by atoms with van der Waals surface area (Å²) < 4.78 is 2.41. The molecule has 1 spiro atoms. The second-order valence-corrected chi connectivity index (χ2v) is 8.57. The smallest absolute Gasteiger partial charge is 0.222 e. The monoisotopic (exact) mass is 375 g/mol. The van der Waals surface area contributed by atoms with E-state index in [1.807, 2.05) is 11.9 Å². The van der Waals surface area contributed by atoms with Gasteiger partial charge in [0.25, 0.3) is 0 Å². The Morgan fingerprint density at radius 3 is 2.43 bits per heavy atom. The van der Waals surface area contributed by atoms with Crippen molar-refractivity contribution >= 4 is 27.7 Å². The summed E-state index contributed by atoms with van der Waals surface area (Å²) in [5.41, 5.74) is 4.17. The molecule has 3 heterocycles. The second kappa shape index (κ2) is 6.63. The molecule has 28 heavy (non-hydrogen) atoms. The summed E-state index contributed by atoms with van der Waals surface area (Å²) >= 11 is 0. The van der Waals surface area contributed by atoms with E-state index in [-0.39, 0.29) is 5.54 Å². The molecule has 1 amide bonds. The van der Waals surface area contributed by atoms with Crippen LogP contribution in [0.1, 0.15) is 38.2 Å². The number of hydrogen-bond donors (Lipinski definition) is 0. The van der Waals surface area contributed by atoms with Gasteiger partial charge in [0.2, 0.25) is 5.91 Å².